The Bertz CT molecular complexity index is 659. The molecule has 0 unspecified atom stereocenters. The molecule has 3 fully saturated rings. The number of hydrogen-bond acceptors (Lipinski definition) is 3. The van der Waals surface area contributed by atoms with E-state index in [1.165, 1.54) is 0 Å². The number of piperidine rings is 1. The number of likely N-dealkylation sites (tertiary alicyclic amines) is 1. The monoisotopic (exact) mass is 347 g/mol. The SMILES string of the molecule is O=C(O)C1CC(O)(C2CCN(Cc3cccc(C4CC4)c3F)CC2)C1. The highest BCUT2D eigenvalue weighted by molar-refractivity contribution is 5.71. The number of benzene rings is 1. The second kappa shape index (κ2) is 6.36. The van der Waals surface area contributed by atoms with Crippen LogP contribution in [0.1, 0.15) is 55.6 Å². The van der Waals surface area contributed by atoms with Crippen molar-refractivity contribution < 1.29 is 19.4 Å². The van der Waals surface area contributed by atoms with Crippen LogP contribution in [0.5, 0.6) is 0 Å². The second-order valence-electron chi connectivity index (χ2n) is 8.19. The van der Waals surface area contributed by atoms with Crippen molar-refractivity contribution in [3.63, 3.8) is 0 Å². The van der Waals surface area contributed by atoms with Crippen molar-refractivity contribution in [2.75, 3.05) is 13.1 Å². The second-order valence-corrected chi connectivity index (χ2v) is 8.19. The smallest absolute Gasteiger partial charge is 0.306 e. The Labute approximate surface area is 147 Å². The third-order valence-corrected chi connectivity index (χ3v) is 6.42. The van der Waals surface area contributed by atoms with Crippen LogP contribution in [0.15, 0.2) is 18.2 Å². The van der Waals surface area contributed by atoms with Gasteiger partial charge in [-0.2, -0.15) is 0 Å². The van der Waals surface area contributed by atoms with Gasteiger partial charge in [-0.25, -0.2) is 4.39 Å². The molecule has 1 saturated heterocycles. The standard InChI is InChI=1S/C20H26FNO3/c21-18-14(2-1-3-17(18)13-4-5-13)12-22-8-6-16(7-9-22)20(25)10-15(11-20)19(23)24/h1-3,13,15-16,25H,4-12H2,(H,23,24). The van der Waals surface area contributed by atoms with Gasteiger partial charge >= 0.3 is 5.97 Å². The van der Waals surface area contributed by atoms with Crippen LogP contribution in [0.3, 0.4) is 0 Å². The Morgan fingerprint density at radius 1 is 1.20 bits per heavy atom. The normalized spacial score (nSPS) is 30.9. The Hall–Kier alpha value is -1.46. The molecular formula is C20H26FNO3. The van der Waals surface area contributed by atoms with Crippen molar-refractivity contribution in [2.24, 2.45) is 11.8 Å². The lowest BCUT2D eigenvalue weighted by atomic mass is 9.62. The molecule has 0 amide bonds. The predicted octanol–water partition coefficient (Wildman–Crippen LogP) is 3.14. The molecule has 0 atom stereocenters. The number of rotatable bonds is 5. The van der Waals surface area contributed by atoms with Crippen molar-refractivity contribution in [3.8, 4) is 0 Å². The minimum atomic E-state index is -0.799. The summed E-state index contributed by atoms with van der Waals surface area (Å²) in [6, 6.07) is 5.75. The number of hydrogen-bond donors (Lipinski definition) is 2. The average Bonchev–Trinajstić information content (AvgIpc) is 3.39. The molecule has 0 radical (unpaired) electrons. The molecule has 1 heterocycles. The van der Waals surface area contributed by atoms with E-state index in [4.69, 9.17) is 5.11 Å². The molecule has 0 spiro atoms. The van der Waals surface area contributed by atoms with E-state index in [9.17, 15) is 14.3 Å². The third kappa shape index (κ3) is 3.32. The minimum absolute atomic E-state index is 0.0333. The van der Waals surface area contributed by atoms with Crippen LogP contribution < -0.4 is 0 Å². The number of aliphatic hydroxyl groups is 1. The molecule has 3 aliphatic rings. The lowest BCUT2D eigenvalue weighted by Crippen LogP contribution is -2.54. The van der Waals surface area contributed by atoms with Crippen LogP contribution in [0.2, 0.25) is 0 Å². The highest BCUT2D eigenvalue weighted by Crippen LogP contribution is 2.47. The zero-order chi connectivity index (χ0) is 17.6. The van der Waals surface area contributed by atoms with Gasteiger partial charge in [0.25, 0.3) is 0 Å². The lowest BCUT2D eigenvalue weighted by Gasteiger charge is -2.49. The third-order valence-electron chi connectivity index (χ3n) is 6.42. The van der Waals surface area contributed by atoms with Gasteiger partial charge in [-0.3, -0.25) is 9.69 Å². The lowest BCUT2D eigenvalue weighted by molar-refractivity contribution is -0.170. The minimum Gasteiger partial charge on any atom is -0.481 e. The fraction of sp³-hybridized carbons (Fsp3) is 0.650. The van der Waals surface area contributed by atoms with Crippen LogP contribution >= 0.6 is 0 Å². The zero-order valence-electron chi connectivity index (χ0n) is 14.5. The van der Waals surface area contributed by atoms with E-state index < -0.39 is 11.6 Å². The van der Waals surface area contributed by atoms with E-state index in [2.05, 4.69) is 4.90 Å². The molecule has 0 bridgehead atoms. The molecule has 2 N–H and O–H groups in total. The Balaban J connectivity index is 1.32. The average molecular weight is 347 g/mol. The van der Waals surface area contributed by atoms with Crippen LogP contribution in [0.4, 0.5) is 4.39 Å². The topological polar surface area (TPSA) is 60.8 Å². The largest absolute Gasteiger partial charge is 0.481 e. The Kier molecular flexibility index (Phi) is 4.32. The summed E-state index contributed by atoms with van der Waals surface area (Å²) >= 11 is 0. The van der Waals surface area contributed by atoms with Gasteiger partial charge in [-0.05, 0) is 69.0 Å². The van der Waals surface area contributed by atoms with Gasteiger partial charge < -0.3 is 10.2 Å². The maximum absolute atomic E-state index is 14.6. The number of carbonyl (C=O) groups is 1. The van der Waals surface area contributed by atoms with E-state index in [1.807, 2.05) is 18.2 Å². The zero-order valence-corrected chi connectivity index (χ0v) is 14.5. The van der Waals surface area contributed by atoms with Crippen LogP contribution in [0, 0.1) is 17.7 Å². The summed E-state index contributed by atoms with van der Waals surface area (Å²) in [6.07, 6.45) is 4.67. The first-order valence-corrected chi connectivity index (χ1v) is 9.41. The predicted molar refractivity (Wildman–Crippen MR) is 91.7 cm³/mol. The number of nitrogens with zero attached hydrogens (tertiary/aromatic N) is 1. The van der Waals surface area contributed by atoms with Gasteiger partial charge in [-0.15, -0.1) is 0 Å². The summed E-state index contributed by atoms with van der Waals surface area (Å²) in [5, 5.41) is 19.6. The van der Waals surface area contributed by atoms with Crippen molar-refractivity contribution in [1.29, 1.82) is 0 Å². The Morgan fingerprint density at radius 2 is 1.88 bits per heavy atom. The molecule has 136 valence electrons. The number of carboxylic acid groups (broad SMARTS) is 1. The molecule has 2 aliphatic carbocycles. The van der Waals surface area contributed by atoms with Gasteiger partial charge in [0.1, 0.15) is 5.82 Å². The van der Waals surface area contributed by atoms with Crippen molar-refractivity contribution >= 4 is 5.97 Å². The molecule has 25 heavy (non-hydrogen) atoms. The quantitative estimate of drug-likeness (QED) is 0.859. The molecule has 0 aromatic heterocycles. The van der Waals surface area contributed by atoms with Gasteiger partial charge in [0, 0.05) is 12.1 Å². The first-order valence-electron chi connectivity index (χ1n) is 9.41. The van der Waals surface area contributed by atoms with Crippen molar-refractivity contribution in [3.05, 3.63) is 35.1 Å². The molecule has 4 nitrogen and oxygen atoms in total. The highest BCUT2D eigenvalue weighted by atomic mass is 19.1. The molecule has 2 saturated carbocycles. The molecule has 5 heteroatoms. The van der Waals surface area contributed by atoms with E-state index in [0.29, 0.717) is 25.3 Å². The molecule has 1 aromatic carbocycles. The summed E-state index contributed by atoms with van der Waals surface area (Å²) < 4.78 is 14.6. The molecule has 1 aromatic rings. The van der Waals surface area contributed by atoms with Gasteiger partial charge in [0.2, 0.25) is 0 Å². The number of aliphatic carboxylic acids is 1. The van der Waals surface area contributed by atoms with Crippen LogP contribution in [0.25, 0.3) is 0 Å². The summed E-state index contributed by atoms with van der Waals surface area (Å²) in [6.45, 7) is 2.28. The van der Waals surface area contributed by atoms with Crippen molar-refractivity contribution in [1.82, 2.24) is 4.90 Å². The fourth-order valence-electron chi connectivity index (χ4n) is 4.60. The van der Waals surface area contributed by atoms with E-state index in [0.717, 1.165) is 49.9 Å². The molecule has 1 aliphatic heterocycles. The van der Waals surface area contributed by atoms with Gasteiger partial charge in [0.15, 0.2) is 0 Å². The van der Waals surface area contributed by atoms with Crippen LogP contribution in [-0.2, 0) is 11.3 Å². The maximum atomic E-state index is 14.6. The fourth-order valence-corrected chi connectivity index (χ4v) is 4.60. The first kappa shape index (κ1) is 17.0. The first-order chi connectivity index (χ1) is 12.0. The van der Waals surface area contributed by atoms with E-state index in [1.54, 1.807) is 0 Å². The summed E-state index contributed by atoms with van der Waals surface area (Å²) in [5.74, 6) is -0.632. The summed E-state index contributed by atoms with van der Waals surface area (Å²) in [5.41, 5.74) is 0.846. The Morgan fingerprint density at radius 3 is 2.48 bits per heavy atom. The van der Waals surface area contributed by atoms with Crippen LogP contribution in [-0.4, -0.2) is 39.8 Å². The van der Waals surface area contributed by atoms with E-state index in [-0.39, 0.29) is 17.7 Å². The summed E-state index contributed by atoms with van der Waals surface area (Å²) in [4.78, 5) is 13.2. The number of carboxylic acids is 1. The maximum Gasteiger partial charge on any atom is 0.306 e. The van der Waals surface area contributed by atoms with Gasteiger partial charge in [0.05, 0.1) is 11.5 Å². The molecular weight excluding hydrogens is 321 g/mol. The van der Waals surface area contributed by atoms with Gasteiger partial charge in [-0.1, -0.05) is 18.2 Å². The van der Waals surface area contributed by atoms with E-state index >= 15 is 0 Å². The highest BCUT2D eigenvalue weighted by Gasteiger charge is 2.51. The number of halogens is 1. The van der Waals surface area contributed by atoms with Crippen molar-refractivity contribution in [2.45, 2.75) is 56.6 Å². The molecule has 4 rings (SSSR count). The summed E-state index contributed by atoms with van der Waals surface area (Å²) in [7, 11) is 0.